The van der Waals surface area contributed by atoms with Crippen LogP contribution in [0.5, 0.6) is 0 Å². The highest BCUT2D eigenvalue weighted by atomic mass is 19.1. The molecule has 0 aromatic heterocycles. The molecule has 1 N–H and O–H groups in total. The van der Waals surface area contributed by atoms with Crippen molar-refractivity contribution in [3.63, 3.8) is 0 Å². The summed E-state index contributed by atoms with van der Waals surface area (Å²) < 4.78 is 13.1. The predicted molar refractivity (Wildman–Crippen MR) is 69.8 cm³/mol. The van der Waals surface area contributed by atoms with Gasteiger partial charge in [0.25, 0.3) is 0 Å². The highest BCUT2D eigenvalue weighted by Crippen LogP contribution is 2.13. The van der Waals surface area contributed by atoms with Crippen molar-refractivity contribution >= 4 is 5.69 Å². The van der Waals surface area contributed by atoms with E-state index < -0.39 is 0 Å². The molecule has 0 aliphatic carbocycles. The Morgan fingerprint density at radius 2 is 1.82 bits per heavy atom. The summed E-state index contributed by atoms with van der Waals surface area (Å²) >= 11 is 0. The number of benzene rings is 2. The van der Waals surface area contributed by atoms with E-state index in [9.17, 15) is 4.39 Å². The molecule has 88 valence electrons. The third-order valence-electron chi connectivity index (χ3n) is 2.74. The van der Waals surface area contributed by atoms with Crippen LogP contribution in [0, 0.1) is 12.7 Å². The largest absolute Gasteiger partial charge is 0.385 e. The van der Waals surface area contributed by atoms with Crippen LogP contribution in [0.1, 0.15) is 11.1 Å². The van der Waals surface area contributed by atoms with Crippen LogP contribution in [-0.2, 0) is 6.42 Å². The fourth-order valence-electron chi connectivity index (χ4n) is 1.75. The maximum atomic E-state index is 13.1. The van der Waals surface area contributed by atoms with Crippen LogP contribution in [0.4, 0.5) is 10.1 Å². The summed E-state index contributed by atoms with van der Waals surface area (Å²) in [6.45, 7) is 2.63. The third kappa shape index (κ3) is 3.31. The van der Waals surface area contributed by atoms with Crippen LogP contribution in [0.15, 0.2) is 48.5 Å². The quantitative estimate of drug-likeness (QED) is 0.841. The molecule has 2 heteroatoms. The van der Waals surface area contributed by atoms with Crippen molar-refractivity contribution in [3.05, 3.63) is 65.5 Å². The third-order valence-corrected chi connectivity index (χ3v) is 2.74. The molecule has 0 atom stereocenters. The Kier molecular flexibility index (Phi) is 3.76. The first-order chi connectivity index (χ1) is 8.25. The zero-order valence-electron chi connectivity index (χ0n) is 9.91. The van der Waals surface area contributed by atoms with Gasteiger partial charge in [-0.1, -0.05) is 30.3 Å². The molecule has 2 aromatic rings. The summed E-state index contributed by atoms with van der Waals surface area (Å²) in [6.07, 6.45) is 0.970. The number of hydrogen-bond donors (Lipinski definition) is 1. The summed E-state index contributed by atoms with van der Waals surface area (Å²) in [4.78, 5) is 0. The number of halogens is 1. The lowest BCUT2D eigenvalue weighted by molar-refractivity contribution is 0.618. The van der Waals surface area contributed by atoms with E-state index in [0.717, 1.165) is 18.7 Å². The van der Waals surface area contributed by atoms with E-state index >= 15 is 0 Å². The van der Waals surface area contributed by atoms with E-state index in [1.165, 1.54) is 11.6 Å². The zero-order valence-corrected chi connectivity index (χ0v) is 9.91. The Labute approximate surface area is 101 Å². The number of nitrogens with one attached hydrogen (secondary N) is 1. The van der Waals surface area contributed by atoms with Crippen molar-refractivity contribution < 1.29 is 4.39 Å². The summed E-state index contributed by atoms with van der Waals surface area (Å²) in [6, 6.07) is 15.4. The lowest BCUT2D eigenvalue weighted by atomic mass is 10.1. The number of hydrogen-bond acceptors (Lipinski definition) is 1. The molecule has 0 spiro atoms. The fourth-order valence-corrected chi connectivity index (χ4v) is 1.75. The Bertz CT molecular complexity index is 480. The van der Waals surface area contributed by atoms with Crippen LogP contribution >= 0.6 is 0 Å². The smallest absolute Gasteiger partial charge is 0.126 e. The van der Waals surface area contributed by atoms with Crippen LogP contribution in [-0.4, -0.2) is 6.54 Å². The standard InChI is InChI=1S/C15H16FN/c1-12-11-14(7-8-15(12)16)17-10-9-13-5-3-2-4-6-13/h2-8,11,17H,9-10H2,1H3. The second-order valence-electron chi connectivity index (χ2n) is 4.13. The van der Waals surface area contributed by atoms with E-state index in [2.05, 4.69) is 17.4 Å². The van der Waals surface area contributed by atoms with E-state index in [-0.39, 0.29) is 5.82 Å². The molecule has 2 aromatic carbocycles. The van der Waals surface area contributed by atoms with Gasteiger partial charge < -0.3 is 5.32 Å². The molecule has 0 unspecified atom stereocenters. The average molecular weight is 229 g/mol. The number of anilines is 1. The maximum Gasteiger partial charge on any atom is 0.126 e. The van der Waals surface area contributed by atoms with Gasteiger partial charge in [-0.05, 0) is 42.7 Å². The minimum Gasteiger partial charge on any atom is -0.385 e. The average Bonchev–Trinajstić information content (AvgIpc) is 2.35. The van der Waals surface area contributed by atoms with Crippen LogP contribution < -0.4 is 5.32 Å². The normalized spacial score (nSPS) is 10.2. The van der Waals surface area contributed by atoms with Crippen molar-refractivity contribution in [2.75, 3.05) is 11.9 Å². The van der Waals surface area contributed by atoms with Gasteiger partial charge in [-0.25, -0.2) is 4.39 Å². The van der Waals surface area contributed by atoms with Crippen LogP contribution in [0.2, 0.25) is 0 Å². The van der Waals surface area contributed by atoms with Crippen molar-refractivity contribution in [2.45, 2.75) is 13.3 Å². The van der Waals surface area contributed by atoms with Gasteiger partial charge in [0.2, 0.25) is 0 Å². The highest BCUT2D eigenvalue weighted by molar-refractivity contribution is 5.46. The molecule has 0 heterocycles. The Morgan fingerprint density at radius 3 is 2.53 bits per heavy atom. The van der Waals surface area contributed by atoms with E-state index in [4.69, 9.17) is 0 Å². The van der Waals surface area contributed by atoms with Gasteiger partial charge in [0, 0.05) is 12.2 Å². The van der Waals surface area contributed by atoms with Crippen molar-refractivity contribution in [2.24, 2.45) is 0 Å². The van der Waals surface area contributed by atoms with Gasteiger partial charge in [-0.2, -0.15) is 0 Å². The van der Waals surface area contributed by atoms with E-state index in [1.54, 1.807) is 13.0 Å². The first-order valence-electron chi connectivity index (χ1n) is 5.79. The van der Waals surface area contributed by atoms with Gasteiger partial charge in [0.05, 0.1) is 0 Å². The van der Waals surface area contributed by atoms with E-state index in [0.29, 0.717) is 5.56 Å². The first-order valence-corrected chi connectivity index (χ1v) is 5.79. The molecule has 0 saturated carbocycles. The molecule has 1 nitrogen and oxygen atoms in total. The number of rotatable bonds is 4. The molecule has 0 saturated heterocycles. The molecule has 0 radical (unpaired) electrons. The molecule has 0 aliphatic rings. The van der Waals surface area contributed by atoms with Crippen LogP contribution in [0.3, 0.4) is 0 Å². The molecular formula is C15H16FN. The minimum atomic E-state index is -0.154. The molecule has 0 bridgehead atoms. The molecule has 0 aliphatic heterocycles. The summed E-state index contributed by atoms with van der Waals surface area (Å²) in [7, 11) is 0. The fraction of sp³-hybridized carbons (Fsp3) is 0.200. The SMILES string of the molecule is Cc1cc(NCCc2ccccc2)ccc1F. The lowest BCUT2D eigenvalue weighted by Gasteiger charge is -2.07. The lowest BCUT2D eigenvalue weighted by Crippen LogP contribution is -2.05. The summed E-state index contributed by atoms with van der Waals surface area (Å²) in [5, 5.41) is 3.29. The summed E-state index contributed by atoms with van der Waals surface area (Å²) in [5.41, 5.74) is 2.95. The first kappa shape index (κ1) is 11.6. The van der Waals surface area contributed by atoms with Crippen LogP contribution in [0.25, 0.3) is 0 Å². The van der Waals surface area contributed by atoms with Crippen molar-refractivity contribution in [1.82, 2.24) is 0 Å². The zero-order chi connectivity index (χ0) is 12.1. The van der Waals surface area contributed by atoms with Gasteiger partial charge >= 0.3 is 0 Å². The van der Waals surface area contributed by atoms with Gasteiger partial charge in [-0.15, -0.1) is 0 Å². The van der Waals surface area contributed by atoms with Gasteiger partial charge in [0.1, 0.15) is 5.82 Å². The Morgan fingerprint density at radius 1 is 1.06 bits per heavy atom. The molecule has 2 rings (SSSR count). The van der Waals surface area contributed by atoms with Gasteiger partial charge in [-0.3, -0.25) is 0 Å². The minimum absolute atomic E-state index is 0.154. The predicted octanol–water partition coefficient (Wildman–Crippen LogP) is 3.79. The van der Waals surface area contributed by atoms with Gasteiger partial charge in [0.15, 0.2) is 0 Å². The monoisotopic (exact) mass is 229 g/mol. The molecular weight excluding hydrogens is 213 g/mol. The Hall–Kier alpha value is -1.83. The maximum absolute atomic E-state index is 13.1. The number of aryl methyl sites for hydroxylation is 1. The molecule has 0 fully saturated rings. The van der Waals surface area contributed by atoms with E-state index in [1.807, 2.05) is 24.3 Å². The van der Waals surface area contributed by atoms with Crippen molar-refractivity contribution in [3.8, 4) is 0 Å². The Balaban J connectivity index is 1.88. The van der Waals surface area contributed by atoms with Crippen molar-refractivity contribution in [1.29, 1.82) is 0 Å². The highest BCUT2D eigenvalue weighted by Gasteiger charge is 1.98. The topological polar surface area (TPSA) is 12.0 Å². The summed E-state index contributed by atoms with van der Waals surface area (Å²) in [5.74, 6) is -0.154. The molecule has 0 amide bonds. The second kappa shape index (κ2) is 5.48. The second-order valence-corrected chi connectivity index (χ2v) is 4.13. The molecule has 17 heavy (non-hydrogen) atoms.